The van der Waals surface area contributed by atoms with Gasteiger partial charge >= 0.3 is 6.07 Å². The van der Waals surface area contributed by atoms with E-state index < -0.39 is 0 Å². The van der Waals surface area contributed by atoms with E-state index in [-0.39, 0.29) is 10.9 Å². The highest BCUT2D eigenvalue weighted by Gasteiger charge is 2.47. The number of hydrazine groups is 1. The minimum atomic E-state index is -0.370. The predicted molar refractivity (Wildman–Crippen MR) is 168 cm³/mol. The Bertz CT molecular complexity index is 1360. The Kier molecular flexibility index (Phi) is 13.1. The minimum Gasteiger partial charge on any atom is -0.498 e. The number of hydrogen-bond donors (Lipinski definition) is 3. The number of nitrogens with zero attached hydrogens (tertiary/aromatic N) is 5. The molecule has 2 aliphatic carbocycles. The van der Waals surface area contributed by atoms with Gasteiger partial charge in [0.25, 0.3) is 0 Å². The Hall–Kier alpha value is -4.59. The van der Waals surface area contributed by atoms with Gasteiger partial charge in [-0.2, -0.15) is 5.10 Å². The quantitative estimate of drug-likeness (QED) is 0.132. The molecule has 0 radical (unpaired) electrons. The molecule has 220 valence electrons. The summed E-state index contributed by atoms with van der Waals surface area (Å²) in [5.41, 5.74) is 3.26. The number of oxime groups is 2. The van der Waals surface area contributed by atoms with Gasteiger partial charge in [0.2, 0.25) is 5.72 Å². The van der Waals surface area contributed by atoms with Gasteiger partial charge in [-0.15, -0.1) is 0 Å². The molecule has 0 aromatic heterocycles. The number of nitrogens with two attached hydrogens (primary N) is 2. The Labute approximate surface area is 251 Å². The van der Waals surface area contributed by atoms with Crippen molar-refractivity contribution in [1.82, 2.24) is 5.01 Å². The standard InChI is InChI=1S/C12H15N3O.C7H6ClNO.C7H5NO.C5H10N2/c13-15-11(10-6-2-1-3-7-10)14-16-12(15)8-4-5-9-12;8-7(9-10)6-4-2-1-3-5-6;9-8-6-7-4-2-1-3-5-7;6-7-5-3-1-2-4-5/h1-3,6-7H,4-5,8-9,13H2;1-5,10H;1-5H;1-4,6H2/b;9-7+;;. The largest absolute Gasteiger partial charge is 0.498 e. The summed E-state index contributed by atoms with van der Waals surface area (Å²) in [7, 11) is 0. The molecule has 10 nitrogen and oxygen atoms in total. The second kappa shape index (κ2) is 17.3. The molecule has 0 saturated heterocycles. The fourth-order valence-corrected chi connectivity index (χ4v) is 4.68. The normalized spacial score (nSPS) is 16.2. The average molecular weight is 590 g/mol. The van der Waals surface area contributed by atoms with Gasteiger partial charge in [0.1, 0.15) is 5.56 Å². The number of hydrogen-bond acceptors (Lipinski definition) is 9. The van der Waals surface area contributed by atoms with Crippen molar-refractivity contribution in [3.63, 3.8) is 0 Å². The lowest BCUT2D eigenvalue weighted by atomic mass is 10.1. The van der Waals surface area contributed by atoms with Crippen LogP contribution in [-0.2, 0) is 4.84 Å². The highest BCUT2D eigenvalue weighted by molar-refractivity contribution is 6.69. The summed E-state index contributed by atoms with van der Waals surface area (Å²) in [6.07, 6.45) is 9.09. The molecule has 1 spiro atoms. The van der Waals surface area contributed by atoms with E-state index in [1.807, 2.05) is 66.7 Å². The van der Waals surface area contributed by atoms with Gasteiger partial charge in [0, 0.05) is 34.7 Å². The highest BCUT2D eigenvalue weighted by Crippen LogP contribution is 2.39. The van der Waals surface area contributed by atoms with Crippen LogP contribution in [0.15, 0.2) is 106 Å². The monoisotopic (exact) mass is 589 g/mol. The molecule has 1 aliphatic heterocycles. The summed E-state index contributed by atoms with van der Waals surface area (Å²) >= 11 is 5.49. The molecule has 0 unspecified atom stereocenters. The molecule has 3 aromatic carbocycles. The Morgan fingerprint density at radius 1 is 0.929 bits per heavy atom. The van der Waals surface area contributed by atoms with Crippen molar-refractivity contribution in [2.45, 2.75) is 57.1 Å². The lowest BCUT2D eigenvalue weighted by Gasteiger charge is -2.29. The number of rotatable bonds is 2. The lowest BCUT2D eigenvalue weighted by molar-refractivity contribution is -0.0936. The maximum atomic E-state index is 9.61. The smallest absolute Gasteiger partial charge is 0.336 e. The second-order valence-electron chi connectivity index (χ2n) is 9.62. The molecule has 5 N–H and O–H groups in total. The molecule has 2 fully saturated rings. The zero-order chi connectivity index (χ0) is 30.0. The first-order valence-electron chi connectivity index (χ1n) is 13.7. The highest BCUT2D eigenvalue weighted by atomic mass is 35.5. The molecule has 11 heteroatoms. The van der Waals surface area contributed by atoms with Crippen LogP contribution in [0.2, 0.25) is 0 Å². The van der Waals surface area contributed by atoms with Gasteiger partial charge in [-0.1, -0.05) is 101 Å². The lowest BCUT2D eigenvalue weighted by Crippen LogP contribution is -2.51. The molecule has 1 heterocycles. The summed E-state index contributed by atoms with van der Waals surface area (Å²) in [4.78, 5) is 5.57. The zero-order valence-electron chi connectivity index (χ0n) is 23.3. The topological polar surface area (TPSA) is 149 Å². The zero-order valence-corrected chi connectivity index (χ0v) is 24.1. The van der Waals surface area contributed by atoms with Gasteiger partial charge in [-0.05, 0) is 50.7 Å². The summed E-state index contributed by atoms with van der Waals surface area (Å²) in [5, 5.41) is 32.8. The van der Waals surface area contributed by atoms with Gasteiger partial charge < -0.3 is 21.1 Å². The van der Waals surface area contributed by atoms with Gasteiger partial charge in [-0.25, -0.2) is 10.9 Å². The number of benzene rings is 3. The van der Waals surface area contributed by atoms with Crippen molar-refractivity contribution < 1.29 is 10.0 Å². The van der Waals surface area contributed by atoms with Crippen molar-refractivity contribution in [3.05, 3.63) is 118 Å². The van der Waals surface area contributed by atoms with Crippen LogP contribution in [0.4, 0.5) is 0 Å². The number of hydrazone groups is 1. The van der Waals surface area contributed by atoms with Crippen LogP contribution < -0.4 is 11.7 Å². The van der Waals surface area contributed by atoms with E-state index in [0.29, 0.717) is 11.1 Å². The van der Waals surface area contributed by atoms with E-state index in [2.05, 4.69) is 26.5 Å². The minimum absolute atomic E-state index is 0.112. The first kappa shape index (κ1) is 31.9. The summed E-state index contributed by atoms with van der Waals surface area (Å²) in [6.45, 7) is 0. The van der Waals surface area contributed by atoms with E-state index in [9.17, 15) is 5.21 Å². The van der Waals surface area contributed by atoms with Gasteiger partial charge in [-0.3, -0.25) is 0 Å². The first-order valence-corrected chi connectivity index (χ1v) is 14.1. The predicted octanol–water partition coefficient (Wildman–Crippen LogP) is 6.63. The average Bonchev–Trinajstić information content (AvgIpc) is 3.83. The van der Waals surface area contributed by atoms with E-state index in [4.69, 9.17) is 33.3 Å². The van der Waals surface area contributed by atoms with Crippen LogP contribution in [0.25, 0.3) is 5.01 Å². The first-order chi connectivity index (χ1) is 20.5. The molecular formula is C31H36ClN7O3. The van der Waals surface area contributed by atoms with Crippen molar-refractivity contribution in [2.24, 2.45) is 27.1 Å². The van der Waals surface area contributed by atoms with Crippen molar-refractivity contribution in [2.75, 3.05) is 0 Å². The third-order valence-corrected chi connectivity index (χ3v) is 7.09. The fraction of sp³-hybridized carbons (Fsp3) is 0.290. The van der Waals surface area contributed by atoms with E-state index in [1.54, 1.807) is 29.3 Å². The third-order valence-electron chi connectivity index (χ3n) is 6.80. The van der Waals surface area contributed by atoms with E-state index in [0.717, 1.165) is 49.9 Å². The van der Waals surface area contributed by atoms with Crippen molar-refractivity contribution >= 4 is 28.3 Å². The van der Waals surface area contributed by atoms with Gasteiger partial charge in [0.05, 0.1) is 0 Å². The van der Waals surface area contributed by atoms with Crippen molar-refractivity contribution in [1.29, 1.82) is 0 Å². The van der Waals surface area contributed by atoms with Gasteiger partial charge in [0.15, 0.2) is 11.0 Å². The summed E-state index contributed by atoms with van der Waals surface area (Å²) in [6, 6.07) is 30.3. The molecule has 3 aromatic rings. The molecular weight excluding hydrogens is 554 g/mol. The molecule has 0 atom stereocenters. The van der Waals surface area contributed by atoms with Crippen LogP contribution >= 0.6 is 11.6 Å². The molecule has 0 bridgehead atoms. The SMILES string of the molecule is NN1C(c2ccccc2)=NOC12CCCC2.NN=C1CCCC1.O/N=C(/Cl)c1ccccc1.[O-][N+]#Cc1ccccc1. The van der Waals surface area contributed by atoms with Crippen molar-refractivity contribution in [3.8, 4) is 6.07 Å². The van der Waals surface area contributed by atoms with Crippen LogP contribution in [0, 0.1) is 11.3 Å². The van der Waals surface area contributed by atoms with Crippen LogP contribution in [0.1, 0.15) is 68.1 Å². The maximum Gasteiger partial charge on any atom is 0.336 e. The van der Waals surface area contributed by atoms with Crippen LogP contribution in [-0.4, -0.2) is 32.7 Å². The molecule has 2 saturated carbocycles. The molecule has 6 rings (SSSR count). The second-order valence-corrected chi connectivity index (χ2v) is 9.98. The Morgan fingerprint density at radius 3 is 1.98 bits per heavy atom. The molecule has 42 heavy (non-hydrogen) atoms. The maximum absolute atomic E-state index is 9.61. The third kappa shape index (κ3) is 9.51. The number of halogens is 1. The molecule has 0 amide bonds. The van der Waals surface area contributed by atoms with E-state index in [1.165, 1.54) is 18.6 Å². The van der Waals surface area contributed by atoms with E-state index >= 15 is 0 Å². The number of amidine groups is 1. The Morgan fingerprint density at radius 2 is 1.48 bits per heavy atom. The summed E-state index contributed by atoms with van der Waals surface area (Å²) in [5.74, 6) is 11.9. The fourth-order valence-electron chi connectivity index (χ4n) is 4.56. The van der Waals surface area contributed by atoms with Crippen LogP contribution in [0.3, 0.4) is 0 Å². The van der Waals surface area contributed by atoms with Crippen LogP contribution in [0.5, 0.6) is 0 Å². The summed E-state index contributed by atoms with van der Waals surface area (Å²) < 4.78 is 0. The molecule has 3 aliphatic rings. The Balaban J connectivity index is 0.000000163.